The summed E-state index contributed by atoms with van der Waals surface area (Å²) in [6.45, 7) is 7.92. The third-order valence-electron chi connectivity index (χ3n) is 6.78. The molecule has 0 unspecified atom stereocenters. The van der Waals surface area contributed by atoms with Gasteiger partial charge in [0.05, 0.1) is 41.7 Å². The zero-order valence-corrected chi connectivity index (χ0v) is 22.4. The fraction of sp³-hybridized carbons (Fsp3) is 0.310. The Morgan fingerprint density at radius 1 is 0.872 bits per heavy atom. The molecule has 0 saturated carbocycles. The molecule has 0 bridgehead atoms. The van der Waals surface area contributed by atoms with Crippen molar-refractivity contribution in [2.75, 3.05) is 35.6 Å². The second-order valence-corrected chi connectivity index (χ2v) is 9.92. The number of likely N-dealkylation sites (tertiary alicyclic amines) is 1. The Morgan fingerprint density at radius 2 is 1.67 bits per heavy atom. The summed E-state index contributed by atoms with van der Waals surface area (Å²) in [5.74, 6) is -0.224. The number of aromatic nitrogens is 4. The van der Waals surface area contributed by atoms with Gasteiger partial charge in [-0.2, -0.15) is 10.2 Å². The number of benzene rings is 2. The predicted octanol–water partition coefficient (Wildman–Crippen LogP) is 5.07. The Kier molecular flexibility index (Phi) is 8.02. The van der Waals surface area contributed by atoms with Crippen molar-refractivity contribution in [2.45, 2.75) is 39.7 Å². The van der Waals surface area contributed by atoms with Gasteiger partial charge in [-0.25, -0.2) is 9.48 Å². The molecule has 1 saturated heterocycles. The number of carbonyl (C=O) groups excluding carboxylic acids is 2. The number of hydrogen-bond acceptors (Lipinski definition) is 5. The van der Waals surface area contributed by atoms with E-state index in [1.165, 1.54) is 19.3 Å². The van der Waals surface area contributed by atoms with Gasteiger partial charge in [-0.15, -0.1) is 0 Å². The van der Waals surface area contributed by atoms with Gasteiger partial charge in [0.2, 0.25) is 0 Å². The maximum atomic E-state index is 13.1. The van der Waals surface area contributed by atoms with Gasteiger partial charge < -0.3 is 20.9 Å². The molecule has 1 aliphatic heterocycles. The molecule has 0 aliphatic carbocycles. The van der Waals surface area contributed by atoms with Crippen LogP contribution in [-0.4, -0.2) is 56.0 Å². The number of anilines is 3. The SMILES string of the molecule is Cc1cccc(NC(=O)Nc2cnn(-c3cccc(C(=O)Nc4cn(CCN5CCCCC5)nc4C)c3)c2)c1. The van der Waals surface area contributed by atoms with Crippen molar-refractivity contribution in [3.05, 3.63) is 83.9 Å². The van der Waals surface area contributed by atoms with E-state index in [0.717, 1.165) is 37.4 Å². The second kappa shape index (κ2) is 12.0. The molecule has 0 radical (unpaired) electrons. The van der Waals surface area contributed by atoms with Crippen LogP contribution in [0.4, 0.5) is 21.9 Å². The largest absolute Gasteiger partial charge is 0.323 e. The van der Waals surface area contributed by atoms with E-state index < -0.39 is 0 Å². The minimum Gasteiger partial charge on any atom is -0.319 e. The molecule has 2 aromatic heterocycles. The van der Waals surface area contributed by atoms with Crippen molar-refractivity contribution in [1.29, 1.82) is 0 Å². The zero-order valence-electron chi connectivity index (χ0n) is 22.4. The van der Waals surface area contributed by atoms with Crippen LogP contribution >= 0.6 is 0 Å². The highest BCUT2D eigenvalue weighted by atomic mass is 16.2. The lowest BCUT2D eigenvalue weighted by Gasteiger charge is -2.26. The van der Waals surface area contributed by atoms with Gasteiger partial charge in [-0.3, -0.25) is 9.48 Å². The standard InChI is InChI=1S/C29H34N8O2/c1-21-8-6-10-24(16-21)31-29(39)32-25-18-30-37(19-25)26-11-7-9-23(17-26)28(38)33-27-20-36(34-22(27)2)15-14-35-12-4-3-5-13-35/h6-11,16-20H,3-5,12-15H2,1-2H3,(H,33,38)(H2,31,32,39). The van der Waals surface area contributed by atoms with Crippen LogP contribution in [0.25, 0.3) is 5.69 Å². The summed E-state index contributed by atoms with van der Waals surface area (Å²) in [6, 6.07) is 14.4. The second-order valence-electron chi connectivity index (χ2n) is 9.92. The maximum Gasteiger partial charge on any atom is 0.323 e. The normalized spacial score (nSPS) is 13.7. The molecule has 39 heavy (non-hydrogen) atoms. The van der Waals surface area contributed by atoms with E-state index in [9.17, 15) is 9.59 Å². The first kappa shape index (κ1) is 26.2. The fourth-order valence-electron chi connectivity index (χ4n) is 4.71. The Morgan fingerprint density at radius 3 is 2.49 bits per heavy atom. The van der Waals surface area contributed by atoms with Gasteiger partial charge in [-0.05, 0) is 75.7 Å². The van der Waals surface area contributed by atoms with Crippen LogP contribution in [0.15, 0.2) is 67.1 Å². The van der Waals surface area contributed by atoms with Crippen LogP contribution in [0, 0.1) is 13.8 Å². The monoisotopic (exact) mass is 526 g/mol. The van der Waals surface area contributed by atoms with Gasteiger partial charge in [-0.1, -0.05) is 24.6 Å². The van der Waals surface area contributed by atoms with Crippen LogP contribution in [0.1, 0.15) is 40.9 Å². The fourth-order valence-corrected chi connectivity index (χ4v) is 4.71. The average Bonchev–Trinajstić information content (AvgIpc) is 3.54. The minimum atomic E-state index is -0.361. The molecule has 2 aromatic carbocycles. The number of hydrogen-bond donors (Lipinski definition) is 3. The van der Waals surface area contributed by atoms with Crippen molar-refractivity contribution in [1.82, 2.24) is 24.5 Å². The molecular weight excluding hydrogens is 492 g/mol. The Labute approximate surface area is 228 Å². The quantitative estimate of drug-likeness (QED) is 0.297. The number of amides is 3. The predicted molar refractivity (Wildman–Crippen MR) is 153 cm³/mol. The van der Waals surface area contributed by atoms with E-state index in [-0.39, 0.29) is 11.9 Å². The average molecular weight is 527 g/mol. The lowest BCUT2D eigenvalue weighted by Crippen LogP contribution is -2.32. The minimum absolute atomic E-state index is 0.224. The number of nitrogens with one attached hydrogen (secondary N) is 3. The topological polar surface area (TPSA) is 109 Å². The first-order chi connectivity index (χ1) is 18.9. The molecule has 3 heterocycles. The first-order valence-electron chi connectivity index (χ1n) is 13.3. The number of nitrogens with zero attached hydrogens (tertiary/aromatic N) is 5. The molecule has 1 fully saturated rings. The summed E-state index contributed by atoms with van der Waals surface area (Å²) in [7, 11) is 0. The number of carbonyl (C=O) groups is 2. The van der Waals surface area contributed by atoms with Crippen molar-refractivity contribution < 1.29 is 9.59 Å². The number of piperidine rings is 1. The Hall–Kier alpha value is -4.44. The third kappa shape index (κ3) is 6.91. The van der Waals surface area contributed by atoms with E-state index in [2.05, 4.69) is 31.0 Å². The maximum absolute atomic E-state index is 13.1. The van der Waals surface area contributed by atoms with Gasteiger partial charge in [0, 0.05) is 24.0 Å². The molecule has 3 N–H and O–H groups in total. The van der Waals surface area contributed by atoms with Crippen LogP contribution in [0.3, 0.4) is 0 Å². The molecule has 202 valence electrons. The molecule has 1 aliphatic rings. The van der Waals surface area contributed by atoms with E-state index in [0.29, 0.717) is 28.3 Å². The summed E-state index contributed by atoms with van der Waals surface area (Å²) in [5.41, 5.74) is 4.98. The molecular formula is C29H34N8O2. The first-order valence-corrected chi connectivity index (χ1v) is 13.3. The summed E-state index contributed by atoms with van der Waals surface area (Å²) in [5, 5.41) is 17.5. The Balaban J connectivity index is 1.19. The number of urea groups is 1. The smallest absolute Gasteiger partial charge is 0.319 e. The number of rotatable bonds is 8. The zero-order chi connectivity index (χ0) is 27.2. The van der Waals surface area contributed by atoms with E-state index in [1.807, 2.05) is 55.1 Å². The Bertz CT molecular complexity index is 1450. The van der Waals surface area contributed by atoms with Crippen molar-refractivity contribution >= 4 is 29.0 Å². The molecule has 10 nitrogen and oxygen atoms in total. The highest BCUT2D eigenvalue weighted by Gasteiger charge is 2.14. The van der Waals surface area contributed by atoms with E-state index >= 15 is 0 Å². The molecule has 5 rings (SSSR count). The summed E-state index contributed by atoms with van der Waals surface area (Å²) < 4.78 is 3.52. The molecule has 10 heteroatoms. The van der Waals surface area contributed by atoms with Crippen LogP contribution in [-0.2, 0) is 6.54 Å². The summed E-state index contributed by atoms with van der Waals surface area (Å²) in [4.78, 5) is 27.9. The molecule has 3 amide bonds. The van der Waals surface area contributed by atoms with Crippen molar-refractivity contribution in [3.8, 4) is 5.69 Å². The lowest BCUT2D eigenvalue weighted by atomic mass is 10.1. The highest BCUT2D eigenvalue weighted by molar-refractivity contribution is 6.04. The molecule has 4 aromatic rings. The van der Waals surface area contributed by atoms with Crippen LogP contribution in [0.2, 0.25) is 0 Å². The molecule has 0 atom stereocenters. The third-order valence-corrected chi connectivity index (χ3v) is 6.78. The summed E-state index contributed by atoms with van der Waals surface area (Å²) in [6.07, 6.45) is 9.00. The van der Waals surface area contributed by atoms with Gasteiger partial charge in [0.1, 0.15) is 0 Å². The number of aryl methyl sites for hydroxylation is 2. The highest BCUT2D eigenvalue weighted by Crippen LogP contribution is 2.18. The van der Waals surface area contributed by atoms with Gasteiger partial charge in [0.15, 0.2) is 0 Å². The molecule has 0 spiro atoms. The van der Waals surface area contributed by atoms with Crippen LogP contribution < -0.4 is 16.0 Å². The van der Waals surface area contributed by atoms with Crippen molar-refractivity contribution in [3.63, 3.8) is 0 Å². The van der Waals surface area contributed by atoms with Crippen LogP contribution in [0.5, 0.6) is 0 Å². The lowest BCUT2D eigenvalue weighted by molar-refractivity contribution is 0.102. The summed E-state index contributed by atoms with van der Waals surface area (Å²) >= 11 is 0. The van der Waals surface area contributed by atoms with E-state index in [1.54, 1.807) is 35.3 Å². The van der Waals surface area contributed by atoms with Gasteiger partial charge in [0.25, 0.3) is 5.91 Å². The van der Waals surface area contributed by atoms with Crippen molar-refractivity contribution in [2.24, 2.45) is 0 Å². The van der Waals surface area contributed by atoms with Gasteiger partial charge >= 0.3 is 6.03 Å². The van der Waals surface area contributed by atoms with E-state index in [4.69, 9.17) is 0 Å².